The number of likely N-dealkylation sites (N-methyl/N-ethyl adjacent to an activating group) is 1. The van der Waals surface area contributed by atoms with E-state index in [0.29, 0.717) is 10.1 Å². The van der Waals surface area contributed by atoms with E-state index >= 15 is 0 Å². The Balaban J connectivity index is 0. The fourth-order valence-corrected chi connectivity index (χ4v) is 2.06. The molecular weight excluding hydrogens is 321 g/mol. The fraction of sp³-hybridized carbons (Fsp3) is 0.533. The van der Waals surface area contributed by atoms with Crippen LogP contribution in [-0.2, 0) is 19.1 Å². The van der Waals surface area contributed by atoms with Crippen molar-refractivity contribution in [2.45, 2.75) is 13.8 Å². The monoisotopic (exact) mass is 348 g/mol. The first-order valence-electron chi connectivity index (χ1n) is 6.79. The Hall–Kier alpha value is -1.56. The Labute approximate surface area is 138 Å². The Morgan fingerprint density at radius 1 is 1.09 bits per heavy atom. The molecule has 0 rings (SSSR count). The van der Waals surface area contributed by atoms with Gasteiger partial charge in [-0.15, -0.1) is 0 Å². The summed E-state index contributed by atoms with van der Waals surface area (Å²) in [5.41, 5.74) is 0.304. The first-order chi connectivity index (χ1) is 10.3. The van der Waals surface area contributed by atoms with Crippen LogP contribution in [0.1, 0.15) is 13.8 Å². The van der Waals surface area contributed by atoms with Gasteiger partial charge in [-0.1, -0.05) is 13.2 Å². The van der Waals surface area contributed by atoms with E-state index in [1.54, 1.807) is 6.92 Å². The number of carboxylic acid groups (broad SMARTS) is 1. The lowest BCUT2D eigenvalue weighted by molar-refractivity contribution is -0.861. The number of hydrogen-bond acceptors (Lipinski definition) is 5. The second kappa shape index (κ2) is 11.0. The maximum atomic E-state index is 11.6. The summed E-state index contributed by atoms with van der Waals surface area (Å²) in [6, 6.07) is 0. The molecule has 0 saturated heterocycles. The zero-order valence-electron chi connectivity index (χ0n) is 14.5. The first-order valence-corrected chi connectivity index (χ1v) is 8.27. The maximum absolute atomic E-state index is 11.6. The van der Waals surface area contributed by atoms with Crippen molar-refractivity contribution in [3.05, 3.63) is 24.3 Å². The van der Waals surface area contributed by atoms with Gasteiger partial charge in [0.1, 0.15) is 14.7 Å². The third-order valence-electron chi connectivity index (χ3n) is 2.15. The van der Waals surface area contributed by atoms with Crippen LogP contribution >= 0.6 is 8.15 Å². The van der Waals surface area contributed by atoms with Crippen LogP contribution in [0.15, 0.2) is 24.3 Å². The highest BCUT2D eigenvalue weighted by Gasteiger charge is 2.22. The van der Waals surface area contributed by atoms with Gasteiger partial charge in [0.05, 0.1) is 27.7 Å². The number of ether oxygens (including phenoxy) is 1. The molecule has 0 amide bonds. The van der Waals surface area contributed by atoms with Crippen LogP contribution in [0.2, 0.25) is 0 Å². The van der Waals surface area contributed by atoms with Crippen LogP contribution in [0.5, 0.6) is 0 Å². The van der Waals surface area contributed by atoms with Gasteiger partial charge in [-0.25, -0.2) is 9.59 Å². The number of esters is 1. The lowest BCUT2D eigenvalue weighted by atomic mass is 10.4. The van der Waals surface area contributed by atoms with Crippen molar-refractivity contribution in [3.63, 3.8) is 0 Å². The number of carbonyl (C=O) groups excluding carboxylic acids is 2. The van der Waals surface area contributed by atoms with Crippen LogP contribution in [-0.4, -0.2) is 72.4 Å². The number of rotatable bonds is 8. The largest absolute Gasteiger partial charge is 0.478 e. The average molecular weight is 348 g/mol. The van der Waals surface area contributed by atoms with Crippen LogP contribution < -0.4 is 0 Å². The minimum absolute atomic E-state index is 0.0524. The smallest absolute Gasteiger partial charge is 0.333 e. The van der Waals surface area contributed by atoms with Crippen LogP contribution in [0.4, 0.5) is 0 Å². The molecule has 0 aromatic carbocycles. The standard InChI is InChI=1S/C11H21NO4P.C4H6O2/c1-9(2)11(14)16-6-7-17(15)10(13)8-12(3,4)5;1-3(2)4(5)6/h15H,1,6-8H2,2-5H3;1H2,2H3,(H,5,6)/q+1;. The van der Waals surface area contributed by atoms with Gasteiger partial charge < -0.3 is 19.2 Å². The topological polar surface area (TPSA) is 101 Å². The van der Waals surface area contributed by atoms with Crippen molar-refractivity contribution in [1.29, 1.82) is 0 Å². The van der Waals surface area contributed by atoms with Gasteiger partial charge in [0.2, 0.25) is 5.52 Å². The molecule has 8 heteroatoms. The summed E-state index contributed by atoms with van der Waals surface area (Å²) in [7, 11) is 3.91. The van der Waals surface area contributed by atoms with E-state index in [0.717, 1.165) is 0 Å². The van der Waals surface area contributed by atoms with Gasteiger partial charge in [0.25, 0.3) is 0 Å². The molecule has 0 aliphatic carbocycles. The molecule has 0 saturated carbocycles. The molecule has 0 aliphatic heterocycles. The van der Waals surface area contributed by atoms with E-state index in [2.05, 4.69) is 13.2 Å². The SMILES string of the molecule is C=C(C)C(=O)O.C=C(C)C(=O)OCCP(O)C(=O)C[N+](C)(C)C. The van der Waals surface area contributed by atoms with E-state index in [9.17, 15) is 19.3 Å². The molecule has 7 nitrogen and oxygen atoms in total. The Bertz CT molecular complexity index is 455. The number of quaternary nitrogens is 1. The van der Waals surface area contributed by atoms with Crippen molar-refractivity contribution < 1.29 is 33.6 Å². The molecule has 1 atom stereocenters. The van der Waals surface area contributed by atoms with Gasteiger partial charge >= 0.3 is 11.9 Å². The molecule has 0 aromatic rings. The zero-order valence-corrected chi connectivity index (χ0v) is 15.4. The van der Waals surface area contributed by atoms with Crippen LogP contribution in [0, 0.1) is 0 Å². The first kappa shape index (κ1) is 23.7. The summed E-state index contributed by atoms with van der Waals surface area (Å²) >= 11 is 0. The van der Waals surface area contributed by atoms with E-state index in [-0.39, 0.29) is 30.4 Å². The molecule has 0 aromatic heterocycles. The lowest BCUT2D eigenvalue weighted by Gasteiger charge is -2.23. The summed E-state index contributed by atoms with van der Waals surface area (Å²) < 4.78 is 5.29. The molecule has 0 heterocycles. The average Bonchev–Trinajstić information content (AvgIpc) is 2.36. The minimum atomic E-state index is -1.72. The lowest BCUT2D eigenvalue weighted by Crippen LogP contribution is -2.39. The molecule has 23 heavy (non-hydrogen) atoms. The predicted octanol–water partition coefficient (Wildman–Crippen LogP) is 1.37. The fourth-order valence-electron chi connectivity index (χ4n) is 0.960. The van der Waals surface area contributed by atoms with Gasteiger partial charge in [-0.3, -0.25) is 4.79 Å². The second-order valence-corrected chi connectivity index (χ2v) is 7.71. The molecule has 0 fully saturated rings. The number of hydrogen-bond donors (Lipinski definition) is 2. The highest BCUT2D eigenvalue weighted by Crippen LogP contribution is 2.30. The number of nitrogens with zero attached hydrogens (tertiary/aromatic N) is 1. The van der Waals surface area contributed by atoms with Gasteiger partial charge in [-0.2, -0.15) is 0 Å². The van der Waals surface area contributed by atoms with Crippen molar-refractivity contribution >= 4 is 25.6 Å². The Morgan fingerprint density at radius 2 is 1.52 bits per heavy atom. The molecule has 1 unspecified atom stereocenters. The van der Waals surface area contributed by atoms with Crippen molar-refractivity contribution in [3.8, 4) is 0 Å². The number of carboxylic acids is 1. The van der Waals surface area contributed by atoms with Crippen LogP contribution in [0.25, 0.3) is 0 Å². The third kappa shape index (κ3) is 15.1. The molecular formula is C15H27NO6P+. The van der Waals surface area contributed by atoms with Crippen molar-refractivity contribution in [2.75, 3.05) is 40.5 Å². The molecule has 0 radical (unpaired) electrons. The summed E-state index contributed by atoms with van der Waals surface area (Å²) in [5, 5.41) is 7.89. The van der Waals surface area contributed by atoms with E-state index in [4.69, 9.17) is 9.84 Å². The maximum Gasteiger partial charge on any atom is 0.333 e. The minimum Gasteiger partial charge on any atom is -0.478 e. The highest BCUT2D eigenvalue weighted by atomic mass is 31.1. The number of carbonyl (C=O) groups is 3. The Morgan fingerprint density at radius 3 is 1.83 bits per heavy atom. The van der Waals surface area contributed by atoms with Crippen molar-refractivity contribution in [1.82, 2.24) is 0 Å². The quantitative estimate of drug-likeness (QED) is 0.297. The summed E-state index contributed by atoms with van der Waals surface area (Å²) in [6.45, 7) is 9.91. The molecule has 2 N–H and O–H groups in total. The highest BCUT2D eigenvalue weighted by molar-refractivity contribution is 7.69. The van der Waals surface area contributed by atoms with Gasteiger partial charge in [0, 0.05) is 17.3 Å². The second-order valence-electron chi connectivity index (χ2n) is 5.97. The molecule has 0 spiro atoms. The molecule has 0 bridgehead atoms. The van der Waals surface area contributed by atoms with E-state index in [1.807, 2.05) is 21.1 Å². The molecule has 0 aliphatic rings. The predicted molar refractivity (Wildman–Crippen MR) is 90.1 cm³/mol. The molecule has 132 valence electrons. The van der Waals surface area contributed by atoms with Crippen LogP contribution in [0.3, 0.4) is 0 Å². The third-order valence-corrected chi connectivity index (χ3v) is 3.47. The van der Waals surface area contributed by atoms with Crippen molar-refractivity contribution in [2.24, 2.45) is 0 Å². The summed E-state index contributed by atoms with van der Waals surface area (Å²) in [5.74, 6) is -1.43. The summed E-state index contributed by atoms with van der Waals surface area (Å²) in [6.07, 6.45) is 0.188. The van der Waals surface area contributed by atoms with E-state index in [1.165, 1.54) is 6.92 Å². The zero-order chi connectivity index (χ0) is 18.8. The van der Waals surface area contributed by atoms with E-state index < -0.39 is 20.1 Å². The summed E-state index contributed by atoms with van der Waals surface area (Å²) in [4.78, 5) is 41.8. The number of aliphatic carboxylic acids is 1. The Kier molecular flexibility index (Phi) is 11.4. The normalized spacial score (nSPS) is 11.6. The van der Waals surface area contributed by atoms with Gasteiger partial charge in [0.15, 0.2) is 0 Å². The van der Waals surface area contributed by atoms with Gasteiger partial charge in [-0.05, 0) is 13.8 Å².